The maximum atomic E-state index is 13.0. The lowest BCUT2D eigenvalue weighted by molar-refractivity contribution is -0.239. The first kappa shape index (κ1) is 40.6. The Hall–Kier alpha value is 0.170. The van der Waals surface area contributed by atoms with E-state index in [1.165, 1.54) is 0 Å². The van der Waals surface area contributed by atoms with Gasteiger partial charge in [0.15, 0.2) is 18.9 Å². The Morgan fingerprint density at radius 1 is 0.478 bits per heavy atom. The molecule has 3 aliphatic rings. The van der Waals surface area contributed by atoms with E-state index in [1.54, 1.807) is 13.8 Å². The van der Waals surface area contributed by atoms with Gasteiger partial charge in [0.25, 0.3) is 0 Å². The zero-order valence-electron chi connectivity index (χ0n) is 27.9. The number of hydrogen-bond acceptors (Lipinski definition) is 12. The number of hydrogen-bond donors (Lipinski definition) is 5. The van der Waals surface area contributed by atoms with Crippen molar-refractivity contribution < 1.29 is 75.2 Å². The molecule has 3 fully saturated rings. The monoisotopic (exact) mass is 726 g/mol. The van der Waals surface area contributed by atoms with Gasteiger partial charge in [0.2, 0.25) is 0 Å². The van der Waals surface area contributed by atoms with Crippen molar-refractivity contribution in [3.05, 3.63) is 0 Å². The standard InChI is InChI=1S/C27H53O16P3/c1-13-16(4)22(39-25(28)19(13)7)11-37-45(32,33)43-27-21(9)15(3)18(6)24(41-27)12-38-46(34,35)42-26-20(8)14(2)17(5)23(40-26)10-36-44(29,30)31/h13-28H,10-12H2,1-9H3,(H,32,33)(H,34,35)(H2,29,30,31). The van der Waals surface area contributed by atoms with E-state index < -0.39 is 73.9 Å². The average Bonchev–Trinajstić information content (AvgIpc) is 2.96. The largest absolute Gasteiger partial charge is 0.474 e. The van der Waals surface area contributed by atoms with Crippen molar-refractivity contribution in [1.29, 1.82) is 0 Å². The summed E-state index contributed by atoms with van der Waals surface area (Å²) in [4.78, 5) is 39.3. The van der Waals surface area contributed by atoms with Crippen LogP contribution >= 0.6 is 23.5 Å². The Bertz CT molecular complexity index is 1140. The van der Waals surface area contributed by atoms with Gasteiger partial charge in [0.1, 0.15) is 0 Å². The second kappa shape index (κ2) is 16.0. The first-order valence-electron chi connectivity index (χ1n) is 15.7. The van der Waals surface area contributed by atoms with Crippen LogP contribution in [0.2, 0.25) is 0 Å². The van der Waals surface area contributed by atoms with Crippen LogP contribution in [0.4, 0.5) is 0 Å². The number of phosphoric acid groups is 3. The van der Waals surface area contributed by atoms with Gasteiger partial charge in [0, 0.05) is 17.8 Å². The minimum absolute atomic E-state index is 0.0606. The molecular formula is C27H53O16P3. The van der Waals surface area contributed by atoms with Crippen LogP contribution in [-0.4, -0.2) is 81.7 Å². The minimum Gasteiger partial charge on any atom is -0.368 e. The van der Waals surface area contributed by atoms with Crippen molar-refractivity contribution in [2.24, 2.45) is 53.3 Å². The summed E-state index contributed by atoms with van der Waals surface area (Å²) in [7, 11) is -14.2. The second-order valence-corrected chi connectivity index (χ2v) is 17.5. The van der Waals surface area contributed by atoms with E-state index in [4.69, 9.17) is 42.1 Å². The summed E-state index contributed by atoms with van der Waals surface area (Å²) in [6, 6.07) is 0. The molecule has 46 heavy (non-hydrogen) atoms. The van der Waals surface area contributed by atoms with E-state index in [9.17, 15) is 28.6 Å². The third-order valence-corrected chi connectivity index (χ3v) is 13.0. The van der Waals surface area contributed by atoms with Crippen LogP contribution in [-0.2, 0) is 50.5 Å². The smallest absolute Gasteiger partial charge is 0.368 e. The van der Waals surface area contributed by atoms with Gasteiger partial charge in [-0.15, -0.1) is 0 Å². The molecule has 0 radical (unpaired) electrons. The molecule has 0 aromatic rings. The maximum absolute atomic E-state index is 13.0. The lowest BCUT2D eigenvalue weighted by Crippen LogP contribution is -2.48. The predicted octanol–water partition coefficient (Wildman–Crippen LogP) is 4.25. The van der Waals surface area contributed by atoms with Crippen LogP contribution in [0.3, 0.4) is 0 Å². The zero-order valence-corrected chi connectivity index (χ0v) is 30.5. The number of ether oxygens (including phenoxy) is 3. The molecule has 0 amide bonds. The van der Waals surface area contributed by atoms with Crippen molar-refractivity contribution in [2.75, 3.05) is 19.8 Å². The first-order valence-corrected chi connectivity index (χ1v) is 20.2. The van der Waals surface area contributed by atoms with E-state index in [-0.39, 0.29) is 59.9 Å². The van der Waals surface area contributed by atoms with Gasteiger partial charge in [-0.25, -0.2) is 13.7 Å². The molecule has 3 heterocycles. The predicted molar refractivity (Wildman–Crippen MR) is 162 cm³/mol. The summed E-state index contributed by atoms with van der Waals surface area (Å²) >= 11 is 0. The minimum atomic E-state index is -4.76. The Balaban J connectivity index is 1.59. The van der Waals surface area contributed by atoms with Crippen molar-refractivity contribution in [1.82, 2.24) is 0 Å². The Labute approximate surface area is 271 Å². The Morgan fingerprint density at radius 3 is 1.17 bits per heavy atom. The summed E-state index contributed by atoms with van der Waals surface area (Å²) < 4.78 is 80.5. The van der Waals surface area contributed by atoms with E-state index in [0.717, 1.165) is 0 Å². The summed E-state index contributed by atoms with van der Waals surface area (Å²) in [5.41, 5.74) is 0. The molecule has 0 spiro atoms. The summed E-state index contributed by atoms with van der Waals surface area (Å²) in [6.07, 6.45) is -5.79. The summed E-state index contributed by atoms with van der Waals surface area (Å²) in [5, 5.41) is 10.2. The van der Waals surface area contributed by atoms with Gasteiger partial charge in [-0.2, -0.15) is 0 Å². The van der Waals surface area contributed by atoms with Gasteiger partial charge < -0.3 is 38.9 Å². The SMILES string of the molecule is CC1C(O)OC(COP(=O)(O)OC2OC(COP(=O)(O)OC3OC(COP(=O)(O)O)C(C)C(C)C3C)C(C)C(C)C2C)C(C)C1C. The fourth-order valence-corrected chi connectivity index (χ4v) is 8.26. The number of aliphatic hydroxyl groups is 1. The van der Waals surface area contributed by atoms with Crippen molar-refractivity contribution in [3.63, 3.8) is 0 Å². The van der Waals surface area contributed by atoms with Crippen molar-refractivity contribution >= 4 is 23.5 Å². The van der Waals surface area contributed by atoms with E-state index in [2.05, 4.69) is 4.52 Å². The zero-order chi connectivity index (χ0) is 34.9. The molecular weight excluding hydrogens is 673 g/mol. The number of aliphatic hydroxyl groups excluding tert-OH is 1. The maximum Gasteiger partial charge on any atom is 0.474 e. The molecule has 17 unspecified atom stereocenters. The van der Waals surface area contributed by atoms with E-state index >= 15 is 0 Å². The van der Waals surface area contributed by atoms with Gasteiger partial charge in [-0.05, 0) is 35.5 Å². The van der Waals surface area contributed by atoms with Crippen molar-refractivity contribution in [2.45, 2.75) is 99.5 Å². The van der Waals surface area contributed by atoms with Crippen LogP contribution in [0.1, 0.15) is 62.3 Å². The second-order valence-electron chi connectivity index (χ2n) is 13.4. The third kappa shape index (κ3) is 10.6. The van der Waals surface area contributed by atoms with Gasteiger partial charge >= 0.3 is 23.5 Å². The van der Waals surface area contributed by atoms with Crippen LogP contribution < -0.4 is 0 Å². The summed E-state index contributed by atoms with van der Waals surface area (Å²) in [6.45, 7) is 15.5. The summed E-state index contributed by atoms with van der Waals surface area (Å²) in [5.74, 6) is -1.55. The van der Waals surface area contributed by atoms with Crippen LogP contribution in [0.5, 0.6) is 0 Å². The quantitative estimate of drug-likeness (QED) is 0.167. The lowest BCUT2D eigenvalue weighted by atomic mass is 9.79. The van der Waals surface area contributed by atoms with E-state index in [1.807, 2.05) is 48.5 Å². The van der Waals surface area contributed by atoms with Crippen LogP contribution in [0.15, 0.2) is 0 Å². The first-order chi connectivity index (χ1) is 21.0. The van der Waals surface area contributed by atoms with E-state index in [0.29, 0.717) is 0 Å². The van der Waals surface area contributed by atoms with Gasteiger partial charge in [0.05, 0.1) is 38.1 Å². The highest BCUT2D eigenvalue weighted by molar-refractivity contribution is 7.47. The highest BCUT2D eigenvalue weighted by atomic mass is 31.2. The molecule has 17 atom stereocenters. The van der Waals surface area contributed by atoms with Crippen LogP contribution in [0, 0.1) is 53.3 Å². The third-order valence-electron chi connectivity index (χ3n) is 10.7. The average molecular weight is 727 g/mol. The van der Waals surface area contributed by atoms with Gasteiger partial charge in [-0.1, -0.05) is 62.3 Å². The highest BCUT2D eigenvalue weighted by Crippen LogP contribution is 2.52. The molecule has 272 valence electrons. The fourth-order valence-electron chi connectivity index (χ4n) is 6.12. The normalized spacial score (nSPS) is 45.1. The number of rotatable bonds is 13. The molecule has 3 saturated heterocycles. The topological polar surface area (TPSA) is 226 Å². The fraction of sp³-hybridized carbons (Fsp3) is 1.00. The molecule has 0 saturated carbocycles. The number of phosphoric ester groups is 3. The molecule has 0 aliphatic carbocycles. The van der Waals surface area contributed by atoms with Crippen LogP contribution in [0.25, 0.3) is 0 Å². The lowest BCUT2D eigenvalue weighted by Gasteiger charge is -2.44. The molecule has 3 aliphatic heterocycles. The molecule has 16 nitrogen and oxygen atoms in total. The molecule has 0 bridgehead atoms. The highest BCUT2D eigenvalue weighted by Gasteiger charge is 2.47. The van der Waals surface area contributed by atoms with Crippen molar-refractivity contribution in [3.8, 4) is 0 Å². The Morgan fingerprint density at radius 2 is 0.804 bits per heavy atom. The molecule has 0 aromatic heterocycles. The van der Waals surface area contributed by atoms with Gasteiger partial charge in [-0.3, -0.25) is 22.6 Å². The molecule has 0 aromatic carbocycles. The molecule has 3 rings (SSSR count). The molecule has 19 heteroatoms. The Kier molecular flexibility index (Phi) is 14.1. The molecule has 5 N–H and O–H groups in total.